The summed E-state index contributed by atoms with van der Waals surface area (Å²) in [7, 11) is 0. The lowest BCUT2D eigenvalue weighted by Gasteiger charge is -2.41. The van der Waals surface area contributed by atoms with Crippen LogP contribution in [0.15, 0.2) is 12.7 Å². The molecule has 7 atom stereocenters. The Morgan fingerprint density at radius 2 is 2.13 bits per heavy atom. The Morgan fingerprint density at radius 1 is 1.43 bits per heavy atom. The monoisotopic (exact) mass is 438 g/mol. The van der Waals surface area contributed by atoms with Crippen molar-refractivity contribution in [3.05, 3.63) is 12.7 Å². The molecule has 7 nitrogen and oxygen atoms in total. The average molecular weight is 439 g/mol. The number of hydrogen-bond donors (Lipinski definition) is 2. The molecule has 8 heteroatoms. The molecule has 2 amide bonds. The fourth-order valence-corrected chi connectivity index (χ4v) is 8.19. The SMILES string of the molecule is C=CCN(CCCC)C(=O)C1N([C@@H](CC)CO)C(=O)[C@@H]2[C@H](C(=O)O)[C@@H]3CC(C)C12S3. The lowest BCUT2D eigenvalue weighted by atomic mass is 9.66. The van der Waals surface area contributed by atoms with Gasteiger partial charge in [-0.25, -0.2) is 0 Å². The Labute approximate surface area is 182 Å². The molecule has 0 saturated carbocycles. The molecule has 3 fully saturated rings. The van der Waals surface area contributed by atoms with Crippen LogP contribution in [-0.2, 0) is 14.4 Å². The number of aliphatic hydroxyl groups excluding tert-OH is 1. The smallest absolute Gasteiger partial charge is 0.308 e. The average Bonchev–Trinajstić information content (AvgIpc) is 3.30. The Bertz CT molecular complexity index is 712. The van der Waals surface area contributed by atoms with E-state index in [9.17, 15) is 24.6 Å². The number of rotatable bonds is 10. The lowest BCUT2D eigenvalue weighted by Crippen LogP contribution is -2.59. The molecule has 0 radical (unpaired) electrons. The van der Waals surface area contributed by atoms with Gasteiger partial charge in [0, 0.05) is 18.3 Å². The number of amides is 2. The lowest BCUT2D eigenvalue weighted by molar-refractivity contribution is -0.150. The normalized spacial score (nSPS) is 35.4. The van der Waals surface area contributed by atoms with Gasteiger partial charge in [0.1, 0.15) is 6.04 Å². The molecule has 3 saturated heterocycles. The zero-order valence-electron chi connectivity index (χ0n) is 18.1. The number of carboxylic acid groups (broad SMARTS) is 1. The molecule has 3 heterocycles. The molecule has 0 aromatic rings. The molecule has 3 rings (SSSR count). The van der Waals surface area contributed by atoms with E-state index >= 15 is 0 Å². The van der Waals surface area contributed by atoms with Crippen LogP contribution in [0.3, 0.4) is 0 Å². The maximum Gasteiger partial charge on any atom is 0.308 e. The molecule has 2 bridgehead atoms. The summed E-state index contributed by atoms with van der Waals surface area (Å²) < 4.78 is -0.754. The van der Waals surface area contributed by atoms with Crippen LogP contribution in [0, 0.1) is 17.8 Å². The number of unbranched alkanes of at least 4 members (excludes halogenated alkanes) is 1. The van der Waals surface area contributed by atoms with Crippen molar-refractivity contribution in [3.8, 4) is 0 Å². The van der Waals surface area contributed by atoms with Gasteiger partial charge in [-0.05, 0) is 25.2 Å². The summed E-state index contributed by atoms with van der Waals surface area (Å²) in [5, 5.41) is 19.8. The number of hydrogen-bond acceptors (Lipinski definition) is 5. The number of likely N-dealkylation sites (tertiary alicyclic amines) is 1. The van der Waals surface area contributed by atoms with Crippen molar-refractivity contribution < 1.29 is 24.6 Å². The van der Waals surface area contributed by atoms with E-state index in [0.717, 1.165) is 12.8 Å². The minimum atomic E-state index is -0.960. The fraction of sp³-hybridized carbons (Fsp3) is 0.773. The summed E-state index contributed by atoms with van der Waals surface area (Å²) in [6.07, 6.45) is 4.66. The number of carboxylic acids is 1. The summed E-state index contributed by atoms with van der Waals surface area (Å²) in [6.45, 7) is 10.5. The molecule has 3 aliphatic rings. The molecule has 0 aliphatic carbocycles. The van der Waals surface area contributed by atoms with Crippen molar-refractivity contribution in [2.45, 2.75) is 68.5 Å². The van der Waals surface area contributed by atoms with Gasteiger partial charge in [-0.2, -0.15) is 0 Å². The Balaban J connectivity index is 2.10. The topological polar surface area (TPSA) is 98.2 Å². The first-order valence-electron chi connectivity index (χ1n) is 11.0. The predicted molar refractivity (Wildman–Crippen MR) is 116 cm³/mol. The van der Waals surface area contributed by atoms with Crippen LogP contribution in [0.4, 0.5) is 0 Å². The van der Waals surface area contributed by atoms with Gasteiger partial charge >= 0.3 is 5.97 Å². The first kappa shape index (κ1) is 23.1. The predicted octanol–water partition coefficient (Wildman–Crippen LogP) is 1.99. The van der Waals surface area contributed by atoms with Crippen LogP contribution in [0.1, 0.15) is 46.5 Å². The van der Waals surface area contributed by atoms with E-state index in [1.807, 2.05) is 13.8 Å². The minimum absolute atomic E-state index is 0.0453. The van der Waals surface area contributed by atoms with Gasteiger partial charge in [0.25, 0.3) is 0 Å². The highest BCUT2D eigenvalue weighted by Crippen LogP contribution is 2.68. The number of fused-ring (bicyclic) bond motifs is 1. The van der Waals surface area contributed by atoms with E-state index in [0.29, 0.717) is 25.9 Å². The minimum Gasteiger partial charge on any atom is -0.481 e. The number of thioether (sulfide) groups is 1. The summed E-state index contributed by atoms with van der Waals surface area (Å²) in [6, 6.07) is -1.25. The van der Waals surface area contributed by atoms with Gasteiger partial charge in [-0.3, -0.25) is 14.4 Å². The number of nitrogens with zero attached hydrogens (tertiary/aromatic N) is 2. The molecule has 168 valence electrons. The van der Waals surface area contributed by atoms with E-state index < -0.39 is 34.6 Å². The standard InChI is InChI=1S/C22H34N2O5S/c1-5-8-10-23(9-6-2)20(27)18-22-13(4)11-15(30-22)16(21(28)29)17(22)19(26)24(18)14(7-3)12-25/h6,13-18,25H,2,5,7-12H2,1,3-4H3,(H,28,29)/t13?,14-,15-,16+,17-,18?,22?/m0/s1. The molecule has 1 spiro atoms. The van der Waals surface area contributed by atoms with Gasteiger partial charge in [-0.15, -0.1) is 18.3 Å². The van der Waals surface area contributed by atoms with Crippen LogP contribution < -0.4 is 0 Å². The summed E-state index contributed by atoms with van der Waals surface area (Å²) in [4.78, 5) is 43.0. The Hall–Kier alpha value is -1.54. The van der Waals surface area contributed by atoms with Crippen molar-refractivity contribution in [2.24, 2.45) is 17.8 Å². The zero-order valence-corrected chi connectivity index (χ0v) is 18.9. The molecule has 0 aromatic heterocycles. The largest absolute Gasteiger partial charge is 0.481 e. The van der Waals surface area contributed by atoms with E-state index in [2.05, 4.69) is 13.5 Å². The van der Waals surface area contributed by atoms with E-state index in [4.69, 9.17) is 0 Å². The van der Waals surface area contributed by atoms with Crippen LogP contribution in [0.5, 0.6) is 0 Å². The van der Waals surface area contributed by atoms with E-state index in [1.54, 1.807) is 15.9 Å². The molecule has 0 aromatic carbocycles. The van der Waals surface area contributed by atoms with Gasteiger partial charge in [0.2, 0.25) is 11.8 Å². The number of carbonyl (C=O) groups excluding carboxylic acids is 2. The van der Waals surface area contributed by atoms with Crippen molar-refractivity contribution in [1.29, 1.82) is 0 Å². The molecular formula is C22H34N2O5S. The van der Waals surface area contributed by atoms with Crippen molar-refractivity contribution in [3.63, 3.8) is 0 Å². The van der Waals surface area contributed by atoms with Gasteiger partial charge in [0.05, 0.1) is 29.2 Å². The van der Waals surface area contributed by atoms with Crippen LogP contribution in [-0.4, -0.2) is 79.6 Å². The summed E-state index contributed by atoms with van der Waals surface area (Å²) >= 11 is 1.54. The third-order valence-electron chi connectivity index (χ3n) is 7.22. The zero-order chi connectivity index (χ0) is 22.2. The van der Waals surface area contributed by atoms with Gasteiger partial charge in [0.15, 0.2) is 0 Å². The van der Waals surface area contributed by atoms with Crippen LogP contribution >= 0.6 is 11.8 Å². The third kappa shape index (κ3) is 3.27. The molecule has 3 aliphatic heterocycles. The molecule has 2 N–H and O–H groups in total. The Morgan fingerprint density at radius 3 is 2.67 bits per heavy atom. The highest BCUT2D eigenvalue weighted by atomic mass is 32.2. The summed E-state index contributed by atoms with van der Waals surface area (Å²) in [5.41, 5.74) is 0. The van der Waals surface area contributed by atoms with Gasteiger partial charge in [-0.1, -0.05) is 33.3 Å². The van der Waals surface area contributed by atoms with E-state index in [1.165, 1.54) is 11.8 Å². The second-order valence-electron chi connectivity index (χ2n) is 8.81. The quantitative estimate of drug-likeness (QED) is 0.506. The Kier molecular flexibility index (Phi) is 6.87. The van der Waals surface area contributed by atoms with E-state index in [-0.39, 0.29) is 29.6 Å². The van der Waals surface area contributed by atoms with Gasteiger partial charge < -0.3 is 20.0 Å². The fourth-order valence-electron chi connectivity index (χ4n) is 5.80. The third-order valence-corrected chi connectivity index (χ3v) is 9.30. The van der Waals surface area contributed by atoms with Crippen molar-refractivity contribution in [1.82, 2.24) is 9.80 Å². The van der Waals surface area contributed by atoms with Crippen molar-refractivity contribution >= 4 is 29.5 Å². The maximum atomic E-state index is 13.9. The molecular weight excluding hydrogens is 404 g/mol. The highest BCUT2D eigenvalue weighted by Gasteiger charge is 2.76. The van der Waals surface area contributed by atoms with Crippen LogP contribution in [0.2, 0.25) is 0 Å². The second-order valence-corrected chi connectivity index (χ2v) is 10.4. The number of carbonyl (C=O) groups is 3. The van der Waals surface area contributed by atoms with Crippen molar-refractivity contribution in [2.75, 3.05) is 19.7 Å². The molecule has 3 unspecified atom stereocenters. The second kappa shape index (κ2) is 8.91. The number of aliphatic hydroxyl groups is 1. The maximum absolute atomic E-state index is 13.9. The molecule has 30 heavy (non-hydrogen) atoms. The number of aliphatic carboxylic acids is 1. The highest BCUT2D eigenvalue weighted by molar-refractivity contribution is 8.02. The first-order chi connectivity index (χ1) is 14.3. The van der Waals surface area contributed by atoms with Crippen LogP contribution in [0.25, 0.3) is 0 Å². The first-order valence-corrected chi connectivity index (χ1v) is 11.9. The summed E-state index contributed by atoms with van der Waals surface area (Å²) in [5.74, 6) is -2.84.